The maximum absolute atomic E-state index is 9.63. The van der Waals surface area contributed by atoms with Gasteiger partial charge < -0.3 is 50.5 Å². The topological polar surface area (TPSA) is 378 Å². The summed E-state index contributed by atoms with van der Waals surface area (Å²) in [5, 5.41) is 66.4. The van der Waals surface area contributed by atoms with Crippen LogP contribution in [-0.2, 0) is 13.4 Å². The Kier molecular flexibility index (Phi) is 30.3. The molecule has 0 aromatic rings. The van der Waals surface area contributed by atoms with Crippen molar-refractivity contribution in [3.63, 3.8) is 0 Å². The quantitative estimate of drug-likeness (QED) is 0.0845. The summed E-state index contributed by atoms with van der Waals surface area (Å²) in [5.74, 6) is 0. The van der Waals surface area contributed by atoms with E-state index in [1.165, 1.54) is 0 Å². The lowest BCUT2D eigenvalue weighted by Gasteiger charge is -2.17. The van der Waals surface area contributed by atoms with Gasteiger partial charge in [-0.3, -0.25) is 4.90 Å². The SMILES string of the molecule is O=P(O)(O)OP(=O)(O)O.O=[N+]([O-])O.O=[N+]([O-])O.O=[N+]([O-])O.OCCN(CCO)CCO. The Bertz CT molecular complexity index is 473. The third-order valence-corrected chi connectivity index (χ3v) is 3.16. The third kappa shape index (κ3) is 113. The van der Waals surface area contributed by atoms with E-state index in [0.717, 1.165) is 0 Å². The molecule has 0 atom stereocenters. The zero-order chi connectivity index (χ0) is 26.3. The number of hydrogen-bond donors (Lipinski definition) is 10. The van der Waals surface area contributed by atoms with Crippen molar-refractivity contribution in [2.24, 2.45) is 0 Å². The van der Waals surface area contributed by atoms with Gasteiger partial charge in [0, 0.05) is 19.6 Å². The predicted octanol–water partition coefficient (Wildman–Crippen LogP) is -3.59. The first-order valence-electron chi connectivity index (χ1n) is 6.62. The second kappa shape index (κ2) is 24.0. The summed E-state index contributed by atoms with van der Waals surface area (Å²) in [7, 11) is -10.1. The van der Waals surface area contributed by atoms with Gasteiger partial charge in [-0.05, 0) is 0 Å². The first-order valence-corrected chi connectivity index (χ1v) is 9.68. The van der Waals surface area contributed by atoms with Crippen LogP contribution in [0.5, 0.6) is 0 Å². The molecule has 0 saturated carbocycles. The van der Waals surface area contributed by atoms with Crippen molar-refractivity contribution in [2.45, 2.75) is 0 Å². The van der Waals surface area contributed by atoms with Gasteiger partial charge in [0.05, 0.1) is 19.8 Å². The number of hydrogen-bond acceptors (Lipinski definition) is 13. The molecule has 0 aliphatic carbocycles. The molecule has 0 aliphatic heterocycles. The maximum Gasteiger partial charge on any atom is 0.478 e. The summed E-state index contributed by atoms with van der Waals surface area (Å²) in [4.78, 5) is 57.9. The number of nitrogens with zero attached hydrogens (tertiary/aromatic N) is 4. The lowest BCUT2D eigenvalue weighted by Crippen LogP contribution is -2.32. The summed E-state index contributed by atoms with van der Waals surface area (Å²) < 4.78 is 22.2. The highest BCUT2D eigenvalue weighted by atomic mass is 31.3. The van der Waals surface area contributed by atoms with Gasteiger partial charge in [0.25, 0.3) is 15.3 Å². The second-order valence-corrected chi connectivity index (χ2v) is 6.40. The van der Waals surface area contributed by atoms with Crippen LogP contribution in [0.1, 0.15) is 0 Å². The van der Waals surface area contributed by atoms with Gasteiger partial charge in [-0.15, -0.1) is 30.3 Å². The van der Waals surface area contributed by atoms with Gasteiger partial charge in [-0.25, -0.2) is 9.13 Å². The average molecular weight is 516 g/mol. The molecule has 190 valence electrons. The second-order valence-electron chi connectivity index (χ2n) is 3.79. The summed E-state index contributed by atoms with van der Waals surface area (Å²) in [6.07, 6.45) is 0. The molecule has 0 radical (unpaired) electrons. The van der Waals surface area contributed by atoms with Crippen LogP contribution in [0, 0.1) is 30.3 Å². The molecule has 0 heterocycles. The molecule has 0 unspecified atom stereocenters. The van der Waals surface area contributed by atoms with E-state index < -0.39 is 30.9 Å². The van der Waals surface area contributed by atoms with Gasteiger partial charge in [0.15, 0.2) is 0 Å². The average Bonchev–Trinajstić information content (AvgIpc) is 2.42. The van der Waals surface area contributed by atoms with Crippen LogP contribution in [0.15, 0.2) is 0 Å². The van der Waals surface area contributed by atoms with Crippen molar-refractivity contribution in [3.05, 3.63) is 30.3 Å². The molecule has 31 heavy (non-hydrogen) atoms. The van der Waals surface area contributed by atoms with E-state index in [-0.39, 0.29) is 19.8 Å². The van der Waals surface area contributed by atoms with Crippen LogP contribution >= 0.6 is 15.6 Å². The van der Waals surface area contributed by atoms with Gasteiger partial charge >= 0.3 is 15.6 Å². The molecule has 23 nitrogen and oxygen atoms in total. The molecule has 0 amide bonds. The number of aliphatic hydroxyl groups excluding tert-OH is 3. The lowest BCUT2D eigenvalue weighted by molar-refractivity contribution is -0.742. The molecule has 10 N–H and O–H groups in total. The van der Waals surface area contributed by atoms with Crippen LogP contribution in [0.25, 0.3) is 0 Å². The van der Waals surface area contributed by atoms with Crippen LogP contribution in [-0.4, -0.2) is 110 Å². The van der Waals surface area contributed by atoms with Crippen LogP contribution in [0.3, 0.4) is 0 Å². The summed E-state index contributed by atoms with van der Waals surface area (Å²) in [5.41, 5.74) is 0. The van der Waals surface area contributed by atoms with Crippen molar-refractivity contribution in [3.8, 4) is 0 Å². The molecular weight excluding hydrogens is 494 g/mol. The molecule has 0 aliphatic rings. The van der Waals surface area contributed by atoms with Crippen molar-refractivity contribution in [1.29, 1.82) is 0 Å². The van der Waals surface area contributed by atoms with Crippen LogP contribution < -0.4 is 0 Å². The van der Waals surface area contributed by atoms with E-state index in [9.17, 15) is 9.13 Å². The fraction of sp³-hybridized carbons (Fsp3) is 1.00. The smallest absolute Gasteiger partial charge is 0.395 e. The van der Waals surface area contributed by atoms with E-state index in [1.54, 1.807) is 4.90 Å². The first-order chi connectivity index (χ1) is 13.7. The first kappa shape index (κ1) is 39.2. The standard InChI is InChI=1S/C6H15NO3.3HNO3.H4O7P2/c8-4-1-7(2-5-9)3-6-10;3*2-1(3)4;1-8(2,3)7-9(4,5)6/h8-10H,1-6H2;3*(H,2,3,4);(H2,1,2,3)(H2,4,5,6). The van der Waals surface area contributed by atoms with E-state index in [2.05, 4.69) is 4.31 Å². The Balaban J connectivity index is -0.0000000975. The minimum atomic E-state index is -5.05. The Labute approximate surface area is 170 Å². The highest BCUT2D eigenvalue weighted by Crippen LogP contribution is 2.53. The fourth-order valence-corrected chi connectivity index (χ4v) is 2.01. The molecule has 0 aromatic heterocycles. The zero-order valence-electron chi connectivity index (χ0n) is 15.1. The predicted molar refractivity (Wildman–Crippen MR) is 89.2 cm³/mol. The molecule has 0 fully saturated rings. The monoisotopic (exact) mass is 516 g/mol. The van der Waals surface area contributed by atoms with E-state index in [1.807, 2.05) is 0 Å². The Hall–Kier alpha value is -2.30. The molecule has 0 bridgehead atoms. The molecular formula is C6H22N4O19P2. The molecule has 0 spiro atoms. The Morgan fingerprint density at radius 1 is 0.645 bits per heavy atom. The van der Waals surface area contributed by atoms with Crippen LogP contribution in [0.4, 0.5) is 0 Å². The highest BCUT2D eigenvalue weighted by molar-refractivity contribution is 7.60. The zero-order valence-corrected chi connectivity index (χ0v) is 16.9. The van der Waals surface area contributed by atoms with Crippen molar-refractivity contribution < 1.29 is 79.2 Å². The molecule has 25 heteroatoms. The molecule has 0 saturated heterocycles. The van der Waals surface area contributed by atoms with E-state index in [4.69, 9.17) is 80.9 Å². The van der Waals surface area contributed by atoms with Crippen molar-refractivity contribution >= 4 is 15.6 Å². The minimum Gasteiger partial charge on any atom is -0.395 e. The van der Waals surface area contributed by atoms with E-state index in [0.29, 0.717) is 19.6 Å². The largest absolute Gasteiger partial charge is 0.478 e. The molecule has 0 aromatic carbocycles. The summed E-state index contributed by atoms with van der Waals surface area (Å²) in [6, 6.07) is 0. The van der Waals surface area contributed by atoms with Gasteiger partial charge in [0.2, 0.25) is 0 Å². The van der Waals surface area contributed by atoms with Gasteiger partial charge in [-0.1, -0.05) is 0 Å². The summed E-state index contributed by atoms with van der Waals surface area (Å²) >= 11 is 0. The number of rotatable bonds is 8. The van der Waals surface area contributed by atoms with Crippen molar-refractivity contribution in [2.75, 3.05) is 39.5 Å². The highest BCUT2D eigenvalue weighted by Gasteiger charge is 2.27. The maximum atomic E-state index is 9.63. The van der Waals surface area contributed by atoms with Crippen molar-refractivity contribution in [1.82, 2.24) is 4.90 Å². The Morgan fingerprint density at radius 2 is 0.806 bits per heavy atom. The fourth-order valence-electron chi connectivity index (χ4n) is 0.898. The molecule has 0 rings (SSSR count). The van der Waals surface area contributed by atoms with Gasteiger partial charge in [-0.2, -0.15) is 4.31 Å². The minimum absolute atomic E-state index is 0.0694. The Morgan fingerprint density at radius 3 is 0.871 bits per heavy atom. The third-order valence-electron chi connectivity index (χ3n) is 1.46. The van der Waals surface area contributed by atoms with Crippen LogP contribution in [0.2, 0.25) is 0 Å². The van der Waals surface area contributed by atoms with E-state index >= 15 is 0 Å². The summed E-state index contributed by atoms with van der Waals surface area (Å²) in [6.45, 7) is 1.75. The normalized spacial score (nSPS) is 9.81. The van der Waals surface area contributed by atoms with Gasteiger partial charge in [0.1, 0.15) is 0 Å². The number of aliphatic hydroxyl groups is 3. The lowest BCUT2D eigenvalue weighted by atomic mass is 10.4. The number of phosphoric acid groups is 2.